The maximum Gasteiger partial charge on any atom is 0.410 e. The van der Waals surface area contributed by atoms with Crippen LogP contribution in [-0.4, -0.2) is 72.5 Å². The van der Waals surface area contributed by atoms with E-state index in [1.54, 1.807) is 18.2 Å². The molecule has 5 rings (SSSR count). The van der Waals surface area contributed by atoms with Gasteiger partial charge < -0.3 is 24.2 Å². The molecule has 3 aliphatic heterocycles. The monoisotopic (exact) mass is 452 g/mol. The number of carbonyl (C=O) groups excluding carboxylic acids is 1. The number of piperidine rings is 1. The molecular weight excluding hydrogens is 420 g/mol. The second kappa shape index (κ2) is 9.91. The first kappa shape index (κ1) is 21.9. The van der Waals surface area contributed by atoms with Gasteiger partial charge in [0.05, 0.1) is 6.04 Å². The van der Waals surface area contributed by atoms with Crippen molar-refractivity contribution in [1.29, 1.82) is 0 Å². The lowest BCUT2D eigenvalue weighted by Gasteiger charge is -2.36. The molecule has 0 spiro atoms. The number of hydrogen-bond acceptors (Lipinski definition) is 6. The van der Waals surface area contributed by atoms with Crippen molar-refractivity contribution in [1.82, 2.24) is 9.80 Å². The quantitative estimate of drug-likeness (QED) is 0.691. The summed E-state index contributed by atoms with van der Waals surface area (Å²) >= 11 is 0. The smallest absolute Gasteiger partial charge is 0.410 e. The van der Waals surface area contributed by atoms with Crippen molar-refractivity contribution in [3.63, 3.8) is 0 Å². The van der Waals surface area contributed by atoms with Crippen LogP contribution in [0.2, 0.25) is 0 Å². The first-order valence-electron chi connectivity index (χ1n) is 12.0. The third-order valence-corrected chi connectivity index (χ3v) is 6.98. The normalized spacial score (nSPS) is 23.5. The van der Waals surface area contributed by atoms with Crippen LogP contribution in [0, 0.1) is 5.92 Å². The van der Waals surface area contributed by atoms with Crippen LogP contribution >= 0.6 is 0 Å². The summed E-state index contributed by atoms with van der Waals surface area (Å²) in [6.45, 7) is 4.65. The number of phenolic OH excluding ortho intramolecular Hbond substituents is 1. The molecule has 1 N–H and O–H groups in total. The van der Waals surface area contributed by atoms with Crippen LogP contribution in [-0.2, 0) is 11.2 Å². The Morgan fingerprint density at radius 3 is 2.61 bits per heavy atom. The van der Waals surface area contributed by atoms with E-state index in [4.69, 9.17) is 14.2 Å². The van der Waals surface area contributed by atoms with Gasteiger partial charge in [0.2, 0.25) is 0 Å². The molecule has 7 nitrogen and oxygen atoms in total. The van der Waals surface area contributed by atoms with E-state index in [0.29, 0.717) is 30.6 Å². The Labute approximate surface area is 194 Å². The fourth-order valence-electron chi connectivity index (χ4n) is 5.08. The molecule has 33 heavy (non-hydrogen) atoms. The second-order valence-corrected chi connectivity index (χ2v) is 9.33. The van der Waals surface area contributed by atoms with E-state index in [1.165, 1.54) is 5.56 Å². The molecule has 0 bridgehead atoms. The van der Waals surface area contributed by atoms with Gasteiger partial charge in [0.1, 0.15) is 25.1 Å². The average Bonchev–Trinajstić information content (AvgIpc) is 3.18. The van der Waals surface area contributed by atoms with Crippen molar-refractivity contribution in [2.45, 2.75) is 37.8 Å². The minimum absolute atomic E-state index is 0.00305. The lowest BCUT2D eigenvalue weighted by Crippen LogP contribution is -2.44. The van der Waals surface area contributed by atoms with Gasteiger partial charge in [-0.25, -0.2) is 4.79 Å². The van der Waals surface area contributed by atoms with Crippen LogP contribution < -0.4 is 9.47 Å². The van der Waals surface area contributed by atoms with Crippen LogP contribution in [0.5, 0.6) is 17.2 Å². The zero-order chi connectivity index (χ0) is 22.6. The SMILES string of the molecule is O=C1OCC(Cc2ccccc2)N1CCC1CCN(CC2COc3cc(O)ccc3O2)CC1. The number of rotatable bonds is 7. The molecule has 3 aliphatic rings. The van der Waals surface area contributed by atoms with Crippen molar-refractivity contribution in [2.24, 2.45) is 5.92 Å². The van der Waals surface area contributed by atoms with Gasteiger partial charge in [-0.3, -0.25) is 4.90 Å². The summed E-state index contributed by atoms with van der Waals surface area (Å²) in [4.78, 5) is 16.7. The van der Waals surface area contributed by atoms with Gasteiger partial charge in [-0.05, 0) is 62.4 Å². The Morgan fingerprint density at radius 1 is 0.970 bits per heavy atom. The summed E-state index contributed by atoms with van der Waals surface area (Å²) in [7, 11) is 0. The number of benzene rings is 2. The molecule has 0 radical (unpaired) electrons. The van der Waals surface area contributed by atoms with Crippen LogP contribution in [0.25, 0.3) is 0 Å². The molecule has 2 unspecified atom stereocenters. The number of likely N-dealkylation sites (tertiary alicyclic amines) is 1. The highest BCUT2D eigenvalue weighted by Crippen LogP contribution is 2.35. The number of cyclic esters (lactones) is 1. The van der Waals surface area contributed by atoms with Gasteiger partial charge in [0.15, 0.2) is 11.5 Å². The Bertz CT molecular complexity index is 945. The van der Waals surface area contributed by atoms with E-state index >= 15 is 0 Å². The van der Waals surface area contributed by atoms with Crippen LogP contribution in [0.4, 0.5) is 4.79 Å². The molecule has 2 aromatic carbocycles. The fraction of sp³-hybridized carbons (Fsp3) is 0.500. The minimum Gasteiger partial charge on any atom is -0.508 e. The van der Waals surface area contributed by atoms with Crippen molar-refractivity contribution in [2.75, 3.05) is 39.4 Å². The van der Waals surface area contributed by atoms with E-state index in [1.807, 2.05) is 23.1 Å². The van der Waals surface area contributed by atoms with Crippen LogP contribution in [0.3, 0.4) is 0 Å². The second-order valence-electron chi connectivity index (χ2n) is 9.33. The molecule has 2 aromatic rings. The number of amides is 1. The summed E-state index contributed by atoms with van der Waals surface area (Å²) in [6, 6.07) is 15.4. The van der Waals surface area contributed by atoms with Gasteiger partial charge in [0, 0.05) is 19.2 Å². The minimum atomic E-state index is -0.170. The highest BCUT2D eigenvalue weighted by Gasteiger charge is 2.33. The first-order chi connectivity index (χ1) is 16.1. The van der Waals surface area contributed by atoms with Gasteiger partial charge in [-0.1, -0.05) is 30.3 Å². The number of hydrogen-bond donors (Lipinski definition) is 1. The predicted octanol–water partition coefficient (Wildman–Crippen LogP) is 3.70. The molecule has 176 valence electrons. The van der Waals surface area contributed by atoms with Crippen molar-refractivity contribution >= 4 is 6.09 Å². The topological polar surface area (TPSA) is 71.5 Å². The number of aromatic hydroxyl groups is 1. The third kappa shape index (κ3) is 5.36. The molecule has 7 heteroatoms. The molecule has 1 amide bonds. The largest absolute Gasteiger partial charge is 0.508 e. The Kier molecular flexibility index (Phi) is 6.58. The zero-order valence-corrected chi connectivity index (χ0v) is 18.9. The Morgan fingerprint density at radius 2 is 1.79 bits per heavy atom. The lowest BCUT2D eigenvalue weighted by atomic mass is 9.93. The van der Waals surface area contributed by atoms with E-state index < -0.39 is 0 Å². The molecule has 0 aromatic heterocycles. The molecule has 3 heterocycles. The van der Waals surface area contributed by atoms with E-state index in [-0.39, 0.29) is 24.0 Å². The maximum atomic E-state index is 12.3. The summed E-state index contributed by atoms with van der Waals surface area (Å²) in [5.74, 6) is 2.11. The summed E-state index contributed by atoms with van der Waals surface area (Å²) in [5.41, 5.74) is 1.24. The summed E-state index contributed by atoms with van der Waals surface area (Å²) < 4.78 is 17.2. The number of phenols is 1. The molecule has 0 saturated carbocycles. The summed E-state index contributed by atoms with van der Waals surface area (Å²) in [6.07, 6.45) is 3.95. The number of nitrogens with zero attached hydrogens (tertiary/aromatic N) is 2. The zero-order valence-electron chi connectivity index (χ0n) is 18.9. The standard InChI is InChI=1S/C26H32N2O5/c29-22-6-7-24-25(15-22)31-18-23(33-24)16-27-11-8-19(9-12-27)10-13-28-21(17-32-26(28)30)14-20-4-2-1-3-5-20/h1-7,15,19,21,23,29H,8-14,16-18H2. The summed E-state index contributed by atoms with van der Waals surface area (Å²) in [5, 5.41) is 9.58. The number of fused-ring (bicyclic) bond motifs is 1. The van der Waals surface area contributed by atoms with Gasteiger partial charge in [-0.2, -0.15) is 0 Å². The number of carbonyl (C=O) groups is 1. The predicted molar refractivity (Wildman–Crippen MR) is 124 cm³/mol. The van der Waals surface area contributed by atoms with Crippen LogP contribution in [0.15, 0.2) is 48.5 Å². The Balaban J connectivity index is 1.06. The Hall–Kier alpha value is -2.93. The maximum absolute atomic E-state index is 12.3. The lowest BCUT2D eigenvalue weighted by molar-refractivity contribution is 0.0464. The molecule has 2 saturated heterocycles. The molecule has 0 aliphatic carbocycles. The number of ether oxygens (including phenoxy) is 3. The first-order valence-corrected chi connectivity index (χ1v) is 12.0. The van der Waals surface area contributed by atoms with Gasteiger partial charge >= 0.3 is 6.09 Å². The van der Waals surface area contributed by atoms with E-state index in [9.17, 15) is 9.90 Å². The average molecular weight is 453 g/mol. The van der Waals surface area contributed by atoms with Crippen molar-refractivity contribution in [3.8, 4) is 17.2 Å². The van der Waals surface area contributed by atoms with Crippen molar-refractivity contribution < 1.29 is 24.1 Å². The fourth-order valence-corrected chi connectivity index (χ4v) is 5.08. The molecule has 2 fully saturated rings. The van der Waals surface area contributed by atoms with Crippen LogP contribution in [0.1, 0.15) is 24.8 Å². The molecular formula is C26H32N2O5. The highest BCUT2D eigenvalue weighted by atomic mass is 16.6. The van der Waals surface area contributed by atoms with Gasteiger partial charge in [0.25, 0.3) is 0 Å². The van der Waals surface area contributed by atoms with Crippen molar-refractivity contribution in [3.05, 3.63) is 54.1 Å². The van der Waals surface area contributed by atoms with E-state index in [0.717, 1.165) is 51.9 Å². The van der Waals surface area contributed by atoms with E-state index in [2.05, 4.69) is 17.0 Å². The van der Waals surface area contributed by atoms with Gasteiger partial charge in [-0.15, -0.1) is 0 Å². The molecule has 2 atom stereocenters. The highest BCUT2D eigenvalue weighted by molar-refractivity contribution is 5.70. The third-order valence-electron chi connectivity index (χ3n) is 6.98.